The van der Waals surface area contributed by atoms with Crippen molar-refractivity contribution in [1.29, 1.82) is 5.26 Å². The van der Waals surface area contributed by atoms with E-state index in [4.69, 9.17) is 15.5 Å². The van der Waals surface area contributed by atoms with Gasteiger partial charge in [-0.1, -0.05) is 30.3 Å². The summed E-state index contributed by atoms with van der Waals surface area (Å²) in [6.07, 6.45) is 2.69. The Morgan fingerprint density at radius 1 is 1.11 bits per heavy atom. The first-order valence-electron chi connectivity index (χ1n) is 12.3. The normalized spacial score (nSPS) is 14.6. The van der Waals surface area contributed by atoms with E-state index in [9.17, 15) is 10.1 Å². The maximum Gasteiger partial charge on any atom is 0.268 e. The number of carbonyl (C=O) groups excluding carboxylic acids is 1. The monoisotopic (exact) mass is 536 g/mol. The number of carbonyl (C=O) groups is 1. The van der Waals surface area contributed by atoms with Crippen LogP contribution in [0, 0.1) is 11.3 Å². The minimum Gasteiger partial charge on any atom is -0.497 e. The zero-order valence-corrected chi connectivity index (χ0v) is 22.3. The Kier molecular flexibility index (Phi) is 6.32. The Morgan fingerprint density at radius 2 is 1.89 bits per heavy atom. The van der Waals surface area contributed by atoms with Gasteiger partial charge in [-0.2, -0.15) is 5.26 Å². The van der Waals surface area contributed by atoms with E-state index in [1.807, 2.05) is 42.5 Å². The molecule has 1 aliphatic carbocycles. The number of nitrogen functional groups attached to an aromatic ring is 1. The van der Waals surface area contributed by atoms with E-state index in [0.717, 1.165) is 47.2 Å². The molecule has 6 nitrogen and oxygen atoms in total. The number of rotatable bonds is 5. The van der Waals surface area contributed by atoms with Crippen LogP contribution in [0.2, 0.25) is 0 Å². The molecule has 1 atom stereocenters. The third-order valence-electron chi connectivity index (χ3n) is 7.06. The van der Waals surface area contributed by atoms with Crippen molar-refractivity contribution in [2.24, 2.45) is 0 Å². The Balaban J connectivity index is 1.27. The third-order valence-corrected chi connectivity index (χ3v) is 9.34. The summed E-state index contributed by atoms with van der Waals surface area (Å²) in [5, 5.41) is 14.3. The van der Waals surface area contributed by atoms with E-state index < -0.39 is 0 Å². The fourth-order valence-electron chi connectivity index (χ4n) is 5.05. The minimum absolute atomic E-state index is 0.314. The quantitative estimate of drug-likeness (QED) is 0.252. The van der Waals surface area contributed by atoms with Crippen molar-refractivity contribution in [2.75, 3.05) is 18.2 Å². The molecular weight excluding hydrogens is 512 g/mol. The Hall–Kier alpha value is -4.19. The molecule has 0 spiro atoms. The highest BCUT2D eigenvalue weighted by Crippen LogP contribution is 2.43. The van der Waals surface area contributed by atoms with E-state index in [1.165, 1.54) is 33.1 Å². The molecule has 8 heteroatoms. The molecule has 0 saturated heterocycles. The lowest BCUT2D eigenvalue weighted by atomic mass is 9.83. The molecule has 0 aliphatic heterocycles. The molecule has 0 fully saturated rings. The van der Waals surface area contributed by atoms with Gasteiger partial charge in [-0.05, 0) is 72.7 Å². The Morgan fingerprint density at radius 3 is 2.63 bits per heavy atom. The van der Waals surface area contributed by atoms with E-state index in [2.05, 4.69) is 35.7 Å². The maximum atomic E-state index is 13.4. The van der Waals surface area contributed by atoms with Crippen molar-refractivity contribution in [2.45, 2.75) is 25.2 Å². The molecule has 0 saturated carbocycles. The van der Waals surface area contributed by atoms with Gasteiger partial charge in [0.1, 0.15) is 26.5 Å². The Bertz CT molecular complexity index is 1700. The van der Waals surface area contributed by atoms with Crippen molar-refractivity contribution in [1.82, 2.24) is 4.98 Å². The maximum absolute atomic E-state index is 13.4. The molecule has 1 amide bonds. The molecule has 2 aromatic carbocycles. The fraction of sp³-hybridized carbons (Fsp3) is 0.167. The second-order valence-electron chi connectivity index (χ2n) is 9.25. The van der Waals surface area contributed by atoms with E-state index in [1.54, 1.807) is 7.11 Å². The van der Waals surface area contributed by atoms with Crippen LogP contribution in [0.3, 0.4) is 0 Å². The van der Waals surface area contributed by atoms with Crippen LogP contribution < -0.4 is 15.8 Å². The van der Waals surface area contributed by atoms with Gasteiger partial charge in [0.15, 0.2) is 0 Å². The highest BCUT2D eigenvalue weighted by atomic mass is 32.1. The summed E-state index contributed by atoms with van der Waals surface area (Å²) in [6, 6.07) is 24.3. The number of nitriles is 1. The highest BCUT2D eigenvalue weighted by molar-refractivity contribution is 7.21. The van der Waals surface area contributed by atoms with Gasteiger partial charge in [-0.25, -0.2) is 4.98 Å². The summed E-state index contributed by atoms with van der Waals surface area (Å²) >= 11 is 2.77. The molecule has 6 rings (SSSR count). The number of nitrogens with zero attached hydrogens (tertiary/aromatic N) is 2. The van der Waals surface area contributed by atoms with Crippen LogP contribution in [0.1, 0.15) is 43.6 Å². The number of ether oxygens (including phenoxy) is 1. The number of nitrogens with two attached hydrogens (primary N) is 1. The largest absolute Gasteiger partial charge is 0.497 e. The minimum atomic E-state index is -0.314. The summed E-state index contributed by atoms with van der Waals surface area (Å²) in [7, 11) is 1.63. The van der Waals surface area contributed by atoms with Crippen LogP contribution in [0.25, 0.3) is 21.5 Å². The van der Waals surface area contributed by atoms with Gasteiger partial charge in [0.05, 0.1) is 24.1 Å². The molecule has 188 valence electrons. The lowest BCUT2D eigenvalue weighted by Crippen LogP contribution is -2.12. The first-order chi connectivity index (χ1) is 18.6. The number of aromatic nitrogens is 1. The van der Waals surface area contributed by atoms with Crippen molar-refractivity contribution < 1.29 is 9.53 Å². The zero-order chi connectivity index (χ0) is 26.2. The number of benzene rings is 2. The van der Waals surface area contributed by atoms with Crippen LogP contribution >= 0.6 is 22.7 Å². The van der Waals surface area contributed by atoms with Gasteiger partial charge in [0.2, 0.25) is 0 Å². The molecule has 0 bridgehead atoms. The molecule has 3 heterocycles. The molecule has 1 aliphatic rings. The van der Waals surface area contributed by atoms with E-state index in [0.29, 0.717) is 31.9 Å². The van der Waals surface area contributed by atoms with E-state index >= 15 is 0 Å². The topological polar surface area (TPSA) is 101 Å². The predicted octanol–water partition coefficient (Wildman–Crippen LogP) is 7.01. The van der Waals surface area contributed by atoms with Gasteiger partial charge in [-0.15, -0.1) is 22.7 Å². The molecule has 1 unspecified atom stereocenters. The van der Waals surface area contributed by atoms with Gasteiger partial charge in [0, 0.05) is 15.8 Å². The third kappa shape index (κ3) is 4.30. The summed E-state index contributed by atoms with van der Waals surface area (Å²) in [4.78, 5) is 20.4. The number of hydrogen-bond acceptors (Lipinski definition) is 7. The Labute approximate surface area is 228 Å². The van der Waals surface area contributed by atoms with E-state index in [-0.39, 0.29) is 5.91 Å². The van der Waals surface area contributed by atoms with Crippen molar-refractivity contribution >= 4 is 49.5 Å². The van der Waals surface area contributed by atoms with Crippen molar-refractivity contribution in [3.05, 3.63) is 93.2 Å². The molecule has 5 aromatic rings. The SMILES string of the molecule is COc1ccc(-c2ccc3c(N)c(C(=O)Nc4sc5c(c4C#N)CCC(c4ccccc4)C5)sc3n2)cc1. The number of anilines is 2. The second kappa shape index (κ2) is 9.93. The second-order valence-corrected chi connectivity index (χ2v) is 11.4. The number of thiophene rings is 2. The number of methoxy groups -OCH3 is 1. The lowest BCUT2D eigenvalue weighted by molar-refractivity contribution is 0.103. The lowest BCUT2D eigenvalue weighted by Gasteiger charge is -2.22. The van der Waals surface area contributed by atoms with Gasteiger partial charge < -0.3 is 15.8 Å². The average molecular weight is 537 g/mol. The van der Waals surface area contributed by atoms with Crippen LogP contribution in [0.15, 0.2) is 66.7 Å². The number of amides is 1. The smallest absolute Gasteiger partial charge is 0.268 e. The van der Waals surface area contributed by atoms with Crippen molar-refractivity contribution in [3.8, 4) is 23.1 Å². The first kappa shape index (κ1) is 24.2. The molecule has 3 N–H and O–H groups in total. The van der Waals surface area contributed by atoms with Gasteiger partial charge in [-0.3, -0.25) is 4.79 Å². The number of pyridine rings is 1. The van der Waals surface area contributed by atoms with Crippen LogP contribution in [0.5, 0.6) is 5.75 Å². The van der Waals surface area contributed by atoms with Crippen LogP contribution in [-0.2, 0) is 12.8 Å². The first-order valence-corrected chi connectivity index (χ1v) is 13.9. The summed E-state index contributed by atoms with van der Waals surface area (Å²) in [5.74, 6) is 0.879. The number of hydrogen-bond donors (Lipinski definition) is 2. The molecular formula is C30H24N4O2S2. The van der Waals surface area contributed by atoms with Crippen molar-refractivity contribution in [3.63, 3.8) is 0 Å². The summed E-state index contributed by atoms with van der Waals surface area (Å²) in [5.41, 5.74) is 11.5. The standard InChI is InChI=1S/C30H24N4O2S2/c1-36-20-10-7-18(8-11-20)24-14-13-22-26(32)27(38-29(22)33-24)28(35)34-30-23(16-31)21-12-9-19(15-25(21)37-30)17-5-3-2-4-6-17/h2-8,10-11,13-14,19H,9,12,15,32H2,1H3,(H,34,35). The number of nitrogens with one attached hydrogen (secondary N) is 1. The van der Waals surface area contributed by atoms with Crippen LogP contribution in [0.4, 0.5) is 10.7 Å². The molecule has 3 aromatic heterocycles. The summed E-state index contributed by atoms with van der Waals surface area (Å²) in [6.45, 7) is 0. The zero-order valence-electron chi connectivity index (χ0n) is 20.7. The van der Waals surface area contributed by atoms with Gasteiger partial charge >= 0.3 is 0 Å². The van der Waals surface area contributed by atoms with Gasteiger partial charge in [0.25, 0.3) is 5.91 Å². The predicted molar refractivity (Wildman–Crippen MR) is 154 cm³/mol. The molecule has 38 heavy (non-hydrogen) atoms. The highest BCUT2D eigenvalue weighted by Gasteiger charge is 2.28. The number of fused-ring (bicyclic) bond motifs is 2. The summed E-state index contributed by atoms with van der Waals surface area (Å²) < 4.78 is 5.24. The van der Waals surface area contributed by atoms with Crippen LogP contribution in [-0.4, -0.2) is 18.0 Å². The molecule has 0 radical (unpaired) electrons. The fourth-order valence-corrected chi connectivity index (χ4v) is 7.31. The average Bonchev–Trinajstić information content (AvgIpc) is 3.49.